The molecule has 0 aliphatic rings. The highest BCUT2D eigenvalue weighted by Gasteiger charge is 2.09. The standard InChI is InChI=1S/C16H30BrN5/c1-6-7-9-20(3)10-8-19-16(18-2)22(5)13-15-11-14(17)12-21(15)4/h11-12H,6-10,13H2,1-5H3,(H,18,19). The third-order valence-electron chi connectivity index (χ3n) is 3.72. The van der Waals surface area contributed by atoms with Crippen molar-refractivity contribution in [2.75, 3.05) is 40.8 Å². The molecule has 0 amide bonds. The SMILES string of the molecule is CCCCN(C)CCNC(=NC)N(C)Cc1cc(Br)cn1C. The van der Waals surface area contributed by atoms with Crippen molar-refractivity contribution in [2.45, 2.75) is 26.3 Å². The Kier molecular flexibility index (Phi) is 8.56. The van der Waals surface area contributed by atoms with Gasteiger partial charge in [-0.3, -0.25) is 4.99 Å². The highest BCUT2D eigenvalue weighted by atomic mass is 79.9. The highest BCUT2D eigenvalue weighted by molar-refractivity contribution is 9.10. The third-order valence-corrected chi connectivity index (χ3v) is 4.15. The minimum Gasteiger partial charge on any atom is -0.355 e. The van der Waals surface area contributed by atoms with Crippen LogP contribution in [0, 0.1) is 0 Å². The summed E-state index contributed by atoms with van der Waals surface area (Å²) in [5.74, 6) is 0.932. The first-order valence-corrected chi connectivity index (χ1v) is 8.68. The van der Waals surface area contributed by atoms with E-state index in [2.05, 4.69) is 80.9 Å². The van der Waals surface area contributed by atoms with Crippen LogP contribution in [0.2, 0.25) is 0 Å². The van der Waals surface area contributed by atoms with Crippen molar-refractivity contribution in [2.24, 2.45) is 12.0 Å². The lowest BCUT2D eigenvalue weighted by molar-refractivity contribution is 0.329. The molecule has 1 heterocycles. The molecule has 0 unspecified atom stereocenters. The average Bonchev–Trinajstić information content (AvgIpc) is 2.79. The Morgan fingerprint density at radius 3 is 2.64 bits per heavy atom. The lowest BCUT2D eigenvalue weighted by Gasteiger charge is -2.23. The van der Waals surface area contributed by atoms with Crippen LogP contribution in [-0.4, -0.2) is 61.1 Å². The fourth-order valence-electron chi connectivity index (χ4n) is 2.32. The molecule has 1 N–H and O–H groups in total. The summed E-state index contributed by atoms with van der Waals surface area (Å²) in [7, 11) is 8.13. The second-order valence-electron chi connectivity index (χ2n) is 5.75. The molecule has 0 aromatic carbocycles. The molecular formula is C16H30BrN5. The number of aryl methyl sites for hydroxylation is 1. The molecule has 0 bridgehead atoms. The van der Waals surface area contributed by atoms with Gasteiger partial charge in [-0.1, -0.05) is 13.3 Å². The smallest absolute Gasteiger partial charge is 0.193 e. The molecule has 5 nitrogen and oxygen atoms in total. The van der Waals surface area contributed by atoms with E-state index in [-0.39, 0.29) is 0 Å². The van der Waals surface area contributed by atoms with Crippen LogP contribution in [0.25, 0.3) is 0 Å². The maximum atomic E-state index is 4.37. The summed E-state index contributed by atoms with van der Waals surface area (Å²) >= 11 is 3.51. The first-order valence-electron chi connectivity index (χ1n) is 7.89. The van der Waals surface area contributed by atoms with Crippen LogP contribution < -0.4 is 5.32 Å². The Balaban J connectivity index is 2.42. The first kappa shape index (κ1) is 19.0. The quantitative estimate of drug-likeness (QED) is 0.563. The molecule has 1 aromatic rings. The second-order valence-corrected chi connectivity index (χ2v) is 6.66. The summed E-state index contributed by atoms with van der Waals surface area (Å²) in [6, 6.07) is 2.14. The molecule has 0 aliphatic carbocycles. The maximum absolute atomic E-state index is 4.37. The summed E-state index contributed by atoms with van der Waals surface area (Å²) in [5.41, 5.74) is 1.25. The number of rotatable bonds is 8. The molecule has 22 heavy (non-hydrogen) atoms. The van der Waals surface area contributed by atoms with Gasteiger partial charge in [0.15, 0.2) is 5.96 Å². The Morgan fingerprint density at radius 2 is 2.09 bits per heavy atom. The van der Waals surface area contributed by atoms with Crippen molar-refractivity contribution in [1.82, 2.24) is 19.7 Å². The molecule has 0 saturated carbocycles. The molecule has 6 heteroatoms. The van der Waals surface area contributed by atoms with E-state index in [9.17, 15) is 0 Å². The molecule has 0 atom stereocenters. The summed E-state index contributed by atoms with van der Waals surface area (Å²) in [6.07, 6.45) is 4.57. The largest absolute Gasteiger partial charge is 0.355 e. The number of guanidine groups is 1. The second kappa shape index (κ2) is 9.90. The molecule has 0 saturated heterocycles. The zero-order valence-electron chi connectivity index (χ0n) is 14.6. The summed E-state index contributed by atoms with van der Waals surface area (Å²) in [5, 5.41) is 3.44. The molecule has 0 radical (unpaired) electrons. The predicted octanol–water partition coefficient (Wildman–Crippen LogP) is 2.53. The van der Waals surface area contributed by atoms with Gasteiger partial charge in [-0.2, -0.15) is 0 Å². The lowest BCUT2D eigenvalue weighted by Crippen LogP contribution is -2.42. The minimum atomic E-state index is 0.827. The fraction of sp³-hybridized carbons (Fsp3) is 0.688. The van der Waals surface area contributed by atoms with Gasteiger partial charge in [0.1, 0.15) is 0 Å². The topological polar surface area (TPSA) is 35.8 Å². The molecular weight excluding hydrogens is 342 g/mol. The third kappa shape index (κ3) is 6.40. The van der Waals surface area contributed by atoms with Crippen LogP contribution >= 0.6 is 15.9 Å². The van der Waals surface area contributed by atoms with Crippen molar-refractivity contribution in [3.63, 3.8) is 0 Å². The van der Waals surface area contributed by atoms with E-state index in [4.69, 9.17) is 0 Å². The van der Waals surface area contributed by atoms with Crippen LogP contribution in [-0.2, 0) is 13.6 Å². The van der Waals surface area contributed by atoms with Gasteiger partial charge < -0.3 is 19.7 Å². The number of nitrogens with one attached hydrogen (secondary N) is 1. The van der Waals surface area contributed by atoms with Crippen LogP contribution in [0.1, 0.15) is 25.5 Å². The van der Waals surface area contributed by atoms with Crippen LogP contribution in [0.5, 0.6) is 0 Å². The molecule has 126 valence electrons. The Morgan fingerprint density at radius 1 is 1.36 bits per heavy atom. The van der Waals surface area contributed by atoms with Gasteiger partial charge in [0, 0.05) is 50.6 Å². The number of unbranched alkanes of at least 4 members (excludes halogenated alkanes) is 1. The zero-order valence-corrected chi connectivity index (χ0v) is 16.2. The van der Waals surface area contributed by atoms with Gasteiger partial charge in [-0.05, 0) is 42.0 Å². The Bertz CT molecular complexity index is 469. The Labute approximate surface area is 143 Å². The zero-order chi connectivity index (χ0) is 16.5. The number of halogens is 1. The van der Waals surface area contributed by atoms with Gasteiger partial charge in [0.25, 0.3) is 0 Å². The van der Waals surface area contributed by atoms with Crippen molar-refractivity contribution in [1.29, 1.82) is 0 Å². The summed E-state index contributed by atoms with van der Waals surface area (Å²) in [6.45, 7) is 6.15. The molecule has 0 fully saturated rings. The highest BCUT2D eigenvalue weighted by Crippen LogP contribution is 2.14. The lowest BCUT2D eigenvalue weighted by atomic mass is 10.3. The van der Waals surface area contributed by atoms with Gasteiger partial charge in [-0.25, -0.2) is 0 Å². The van der Waals surface area contributed by atoms with E-state index in [0.717, 1.165) is 36.6 Å². The normalized spacial score (nSPS) is 12.0. The molecule has 0 spiro atoms. The van der Waals surface area contributed by atoms with E-state index in [1.165, 1.54) is 18.5 Å². The van der Waals surface area contributed by atoms with Gasteiger partial charge >= 0.3 is 0 Å². The van der Waals surface area contributed by atoms with E-state index in [1.807, 2.05) is 7.05 Å². The minimum absolute atomic E-state index is 0.827. The monoisotopic (exact) mass is 371 g/mol. The number of aliphatic imine (C=N–C) groups is 1. The number of aromatic nitrogens is 1. The Hall–Kier alpha value is -1.01. The van der Waals surface area contributed by atoms with E-state index in [1.54, 1.807) is 0 Å². The van der Waals surface area contributed by atoms with Gasteiger partial charge in [-0.15, -0.1) is 0 Å². The fourth-order valence-corrected chi connectivity index (χ4v) is 2.90. The predicted molar refractivity (Wildman–Crippen MR) is 98.3 cm³/mol. The number of nitrogens with zero attached hydrogens (tertiary/aromatic N) is 4. The van der Waals surface area contributed by atoms with Crippen molar-refractivity contribution in [3.8, 4) is 0 Å². The van der Waals surface area contributed by atoms with E-state index < -0.39 is 0 Å². The summed E-state index contributed by atoms with van der Waals surface area (Å²) in [4.78, 5) is 8.88. The van der Waals surface area contributed by atoms with Crippen LogP contribution in [0.15, 0.2) is 21.7 Å². The van der Waals surface area contributed by atoms with Gasteiger partial charge in [0.2, 0.25) is 0 Å². The molecule has 1 aromatic heterocycles. The number of hydrogen-bond donors (Lipinski definition) is 1. The van der Waals surface area contributed by atoms with Crippen molar-refractivity contribution >= 4 is 21.9 Å². The summed E-state index contributed by atoms with van der Waals surface area (Å²) < 4.78 is 3.24. The van der Waals surface area contributed by atoms with E-state index in [0.29, 0.717) is 0 Å². The number of hydrogen-bond acceptors (Lipinski definition) is 2. The maximum Gasteiger partial charge on any atom is 0.193 e. The molecule has 0 aliphatic heterocycles. The van der Waals surface area contributed by atoms with Crippen molar-refractivity contribution in [3.05, 3.63) is 22.4 Å². The van der Waals surface area contributed by atoms with E-state index >= 15 is 0 Å². The number of likely N-dealkylation sites (N-methyl/N-ethyl adjacent to an activating group) is 1. The average molecular weight is 372 g/mol. The van der Waals surface area contributed by atoms with Crippen LogP contribution in [0.3, 0.4) is 0 Å². The van der Waals surface area contributed by atoms with Crippen LogP contribution in [0.4, 0.5) is 0 Å². The van der Waals surface area contributed by atoms with Gasteiger partial charge in [0.05, 0.1) is 6.54 Å². The first-order chi connectivity index (χ1) is 10.5. The molecule has 1 rings (SSSR count). The van der Waals surface area contributed by atoms with Crippen molar-refractivity contribution < 1.29 is 0 Å².